The van der Waals surface area contributed by atoms with Crippen molar-refractivity contribution in [1.82, 2.24) is 0 Å². The number of hydrogen-bond donors (Lipinski definition) is 2. The maximum Gasteiger partial charge on any atom is 0.124 e. The number of rotatable bonds is 1. The van der Waals surface area contributed by atoms with Crippen molar-refractivity contribution in [3.8, 4) is 22.6 Å². The van der Waals surface area contributed by atoms with Gasteiger partial charge in [-0.3, -0.25) is 0 Å². The molecule has 0 aliphatic rings. The monoisotopic (exact) mass is 386 g/mol. The van der Waals surface area contributed by atoms with E-state index in [1.807, 2.05) is 36.4 Å². The molecule has 6 rings (SSSR count). The molecule has 0 saturated heterocycles. The van der Waals surface area contributed by atoms with Gasteiger partial charge in [0.05, 0.1) is 0 Å². The molecule has 142 valence electrons. The molecule has 30 heavy (non-hydrogen) atoms. The van der Waals surface area contributed by atoms with E-state index >= 15 is 0 Å². The molecule has 0 radical (unpaired) electrons. The topological polar surface area (TPSA) is 40.5 Å². The SMILES string of the molecule is Oc1cc2cc3ccccc3cc2cc1-c1cc2cc3ccccc3cc2cc1O. The predicted octanol–water partition coefficient (Wildman–Crippen LogP) is 7.38. The molecule has 0 aromatic heterocycles. The molecule has 0 unspecified atom stereocenters. The molecule has 6 aromatic carbocycles. The van der Waals surface area contributed by atoms with Crippen LogP contribution in [0.3, 0.4) is 0 Å². The Hall–Kier alpha value is -4.04. The van der Waals surface area contributed by atoms with Gasteiger partial charge in [0.2, 0.25) is 0 Å². The Morgan fingerprint density at radius 2 is 0.633 bits per heavy atom. The van der Waals surface area contributed by atoms with Gasteiger partial charge >= 0.3 is 0 Å². The van der Waals surface area contributed by atoms with E-state index < -0.39 is 0 Å². The summed E-state index contributed by atoms with van der Waals surface area (Å²) in [6.07, 6.45) is 0. The van der Waals surface area contributed by atoms with Gasteiger partial charge < -0.3 is 10.2 Å². The van der Waals surface area contributed by atoms with Crippen LogP contribution in [0.25, 0.3) is 54.2 Å². The maximum absolute atomic E-state index is 10.8. The first-order chi connectivity index (χ1) is 14.7. The van der Waals surface area contributed by atoms with Crippen molar-refractivity contribution in [2.75, 3.05) is 0 Å². The van der Waals surface area contributed by atoms with Crippen LogP contribution in [0.15, 0.2) is 97.1 Å². The van der Waals surface area contributed by atoms with Crippen LogP contribution < -0.4 is 0 Å². The first-order valence-corrected chi connectivity index (χ1v) is 9.97. The molecule has 0 aliphatic carbocycles. The lowest BCUT2D eigenvalue weighted by Crippen LogP contribution is -1.85. The third-order valence-electron chi connectivity index (χ3n) is 5.93. The van der Waals surface area contributed by atoms with Gasteiger partial charge in [0.25, 0.3) is 0 Å². The fourth-order valence-electron chi connectivity index (χ4n) is 4.39. The Balaban J connectivity index is 1.61. The molecular weight excluding hydrogens is 368 g/mol. The molecule has 0 bridgehead atoms. The summed E-state index contributed by atoms with van der Waals surface area (Å²) in [5.41, 5.74) is 1.26. The lowest BCUT2D eigenvalue weighted by Gasteiger charge is -2.12. The first kappa shape index (κ1) is 16.9. The second-order valence-electron chi connectivity index (χ2n) is 7.83. The highest BCUT2D eigenvalue weighted by Gasteiger charge is 2.13. The number of phenols is 2. The van der Waals surface area contributed by atoms with Crippen LogP contribution in [0.5, 0.6) is 11.5 Å². The van der Waals surface area contributed by atoms with Crippen molar-refractivity contribution in [3.63, 3.8) is 0 Å². The van der Waals surface area contributed by atoms with Gasteiger partial charge in [-0.15, -0.1) is 0 Å². The van der Waals surface area contributed by atoms with Crippen LogP contribution in [0.4, 0.5) is 0 Å². The molecule has 6 aromatic rings. The quantitative estimate of drug-likeness (QED) is 0.289. The zero-order valence-electron chi connectivity index (χ0n) is 16.1. The van der Waals surface area contributed by atoms with Crippen molar-refractivity contribution in [3.05, 3.63) is 97.1 Å². The van der Waals surface area contributed by atoms with Gasteiger partial charge in [0.15, 0.2) is 0 Å². The summed E-state index contributed by atoms with van der Waals surface area (Å²) in [6, 6.07) is 32.3. The highest BCUT2D eigenvalue weighted by atomic mass is 16.3. The number of hydrogen-bond acceptors (Lipinski definition) is 2. The van der Waals surface area contributed by atoms with Gasteiger partial charge in [-0.1, -0.05) is 48.5 Å². The summed E-state index contributed by atoms with van der Waals surface area (Å²) in [7, 11) is 0. The molecule has 2 heteroatoms. The minimum atomic E-state index is 0.160. The van der Waals surface area contributed by atoms with E-state index in [9.17, 15) is 10.2 Å². The highest BCUT2D eigenvalue weighted by Crippen LogP contribution is 2.41. The molecule has 0 heterocycles. The third-order valence-corrected chi connectivity index (χ3v) is 5.93. The second-order valence-corrected chi connectivity index (χ2v) is 7.83. The zero-order chi connectivity index (χ0) is 20.2. The van der Waals surface area contributed by atoms with E-state index in [0.29, 0.717) is 11.1 Å². The van der Waals surface area contributed by atoms with Crippen molar-refractivity contribution in [2.45, 2.75) is 0 Å². The third kappa shape index (κ3) is 2.58. The summed E-state index contributed by atoms with van der Waals surface area (Å²) in [4.78, 5) is 0. The van der Waals surface area contributed by atoms with Crippen LogP contribution in [-0.2, 0) is 0 Å². The molecule has 0 saturated carbocycles. The van der Waals surface area contributed by atoms with Gasteiger partial charge in [-0.05, 0) is 91.6 Å². The van der Waals surface area contributed by atoms with Crippen molar-refractivity contribution in [1.29, 1.82) is 0 Å². The zero-order valence-corrected chi connectivity index (χ0v) is 16.1. The van der Waals surface area contributed by atoms with Crippen LogP contribution in [0.1, 0.15) is 0 Å². The molecular formula is C28H18O2. The minimum absolute atomic E-state index is 0.160. The normalized spacial score (nSPS) is 11.6. The van der Waals surface area contributed by atoms with E-state index in [0.717, 1.165) is 43.1 Å². The van der Waals surface area contributed by atoms with Crippen LogP contribution in [0, 0.1) is 0 Å². The molecule has 0 aliphatic heterocycles. The van der Waals surface area contributed by atoms with E-state index in [4.69, 9.17) is 0 Å². The maximum atomic E-state index is 10.8. The molecule has 2 N–H and O–H groups in total. The highest BCUT2D eigenvalue weighted by molar-refractivity contribution is 6.04. The fraction of sp³-hybridized carbons (Fsp3) is 0. The van der Waals surface area contributed by atoms with Gasteiger partial charge in [-0.2, -0.15) is 0 Å². The standard InChI is InChI=1S/C28H18O2/c29-27-15-23-11-19-7-3-1-5-17(19)9-21(23)13-25(27)26-14-22-10-18-6-2-4-8-20(18)12-24(22)16-28(26)30/h1-16,29-30H. The van der Waals surface area contributed by atoms with Crippen molar-refractivity contribution >= 4 is 43.1 Å². The Kier molecular flexibility index (Phi) is 3.50. The smallest absolute Gasteiger partial charge is 0.124 e. The average molecular weight is 386 g/mol. The van der Waals surface area contributed by atoms with E-state index in [1.165, 1.54) is 0 Å². The summed E-state index contributed by atoms with van der Waals surface area (Å²) in [6.45, 7) is 0. The summed E-state index contributed by atoms with van der Waals surface area (Å²) >= 11 is 0. The van der Waals surface area contributed by atoms with Crippen LogP contribution in [0.2, 0.25) is 0 Å². The fourth-order valence-corrected chi connectivity index (χ4v) is 4.39. The Labute approximate surface area is 173 Å². The number of phenolic OH excluding ortho intramolecular Hbond substituents is 2. The number of fused-ring (bicyclic) bond motifs is 4. The van der Waals surface area contributed by atoms with Gasteiger partial charge in [-0.25, -0.2) is 0 Å². The summed E-state index contributed by atoms with van der Waals surface area (Å²) < 4.78 is 0. The Bertz CT molecular complexity index is 1490. The Morgan fingerprint density at radius 1 is 0.333 bits per heavy atom. The first-order valence-electron chi connectivity index (χ1n) is 9.97. The lowest BCUT2D eigenvalue weighted by atomic mass is 9.94. The molecule has 0 fully saturated rings. The van der Waals surface area contributed by atoms with E-state index in [1.54, 1.807) is 12.1 Å². The second kappa shape index (κ2) is 6.23. The number of benzene rings is 6. The van der Waals surface area contributed by atoms with E-state index in [-0.39, 0.29) is 11.5 Å². The van der Waals surface area contributed by atoms with E-state index in [2.05, 4.69) is 48.5 Å². The lowest BCUT2D eigenvalue weighted by molar-refractivity contribution is 0.470. The summed E-state index contributed by atoms with van der Waals surface area (Å²) in [5, 5.41) is 30.2. The van der Waals surface area contributed by atoms with Crippen molar-refractivity contribution in [2.24, 2.45) is 0 Å². The van der Waals surface area contributed by atoms with Crippen LogP contribution in [-0.4, -0.2) is 10.2 Å². The molecule has 0 spiro atoms. The predicted molar refractivity (Wildman–Crippen MR) is 125 cm³/mol. The average Bonchev–Trinajstić information content (AvgIpc) is 2.76. The van der Waals surface area contributed by atoms with Gasteiger partial charge in [0.1, 0.15) is 11.5 Å². The minimum Gasteiger partial charge on any atom is -0.507 e. The molecule has 0 amide bonds. The molecule has 0 atom stereocenters. The molecule has 2 nitrogen and oxygen atoms in total. The number of aromatic hydroxyl groups is 2. The van der Waals surface area contributed by atoms with Gasteiger partial charge in [0, 0.05) is 11.1 Å². The Morgan fingerprint density at radius 3 is 0.967 bits per heavy atom. The van der Waals surface area contributed by atoms with Crippen LogP contribution >= 0.6 is 0 Å². The largest absolute Gasteiger partial charge is 0.507 e. The van der Waals surface area contributed by atoms with Crippen molar-refractivity contribution < 1.29 is 10.2 Å². The summed E-state index contributed by atoms with van der Waals surface area (Å²) in [5.74, 6) is 0.321.